The molecule has 0 aliphatic heterocycles. The quantitative estimate of drug-likeness (QED) is 0.294. The number of carbonyl (C=O) groups excluding carboxylic acids is 1. The summed E-state index contributed by atoms with van der Waals surface area (Å²) in [4.78, 5) is 19.7. The van der Waals surface area contributed by atoms with E-state index in [4.69, 9.17) is 4.98 Å². The topological polar surface area (TPSA) is 67.3 Å². The van der Waals surface area contributed by atoms with Crippen LogP contribution in [0.3, 0.4) is 0 Å². The maximum absolute atomic E-state index is 13.3. The van der Waals surface area contributed by atoms with E-state index in [-0.39, 0.29) is 30.3 Å². The third-order valence-corrected chi connectivity index (χ3v) is 8.51. The number of carbonyl (C=O) groups is 1. The first-order valence-electron chi connectivity index (χ1n) is 11.3. The van der Waals surface area contributed by atoms with Gasteiger partial charge in [0.15, 0.2) is 15.0 Å². The standard InChI is InChI=1S/C27H28N2O3S2/c1-20-16-24-25(17-21(20)2)33-27(28-24)29(18-22-10-5-3-6-11-22)26(30)14-9-15-34(31,32)19-23-12-7-4-8-13-23/h3-8,10-13,16-17H,9,14-15,18-19H2,1-2H3. The highest BCUT2D eigenvalue weighted by atomic mass is 32.2. The van der Waals surface area contributed by atoms with Crippen molar-refractivity contribution >= 4 is 42.4 Å². The Morgan fingerprint density at radius 2 is 1.53 bits per heavy atom. The Balaban J connectivity index is 1.50. The molecule has 0 bridgehead atoms. The molecule has 4 rings (SSSR count). The first-order valence-corrected chi connectivity index (χ1v) is 13.9. The molecule has 3 aromatic carbocycles. The van der Waals surface area contributed by atoms with Crippen molar-refractivity contribution in [1.82, 2.24) is 4.98 Å². The van der Waals surface area contributed by atoms with Gasteiger partial charge in [-0.2, -0.15) is 0 Å². The second-order valence-corrected chi connectivity index (χ2v) is 11.7. The lowest BCUT2D eigenvalue weighted by molar-refractivity contribution is -0.118. The number of amides is 1. The summed E-state index contributed by atoms with van der Waals surface area (Å²) in [6, 6.07) is 23.1. The molecule has 0 N–H and O–H groups in total. The minimum absolute atomic E-state index is 0.00761. The monoisotopic (exact) mass is 492 g/mol. The number of anilines is 1. The van der Waals surface area contributed by atoms with Crippen molar-refractivity contribution in [1.29, 1.82) is 0 Å². The first kappa shape index (κ1) is 24.1. The molecule has 0 radical (unpaired) electrons. The lowest BCUT2D eigenvalue weighted by Crippen LogP contribution is -2.30. The molecule has 0 spiro atoms. The molecule has 4 aromatic rings. The zero-order chi connectivity index (χ0) is 24.1. The van der Waals surface area contributed by atoms with Crippen molar-refractivity contribution < 1.29 is 13.2 Å². The van der Waals surface area contributed by atoms with Crippen LogP contribution in [-0.4, -0.2) is 25.1 Å². The van der Waals surface area contributed by atoms with E-state index >= 15 is 0 Å². The van der Waals surface area contributed by atoms with Crippen LogP contribution in [0.15, 0.2) is 72.8 Å². The van der Waals surface area contributed by atoms with Crippen molar-refractivity contribution in [2.24, 2.45) is 0 Å². The zero-order valence-electron chi connectivity index (χ0n) is 19.4. The van der Waals surface area contributed by atoms with E-state index in [1.165, 1.54) is 16.9 Å². The maximum atomic E-state index is 13.3. The van der Waals surface area contributed by atoms with Crippen LogP contribution in [0.1, 0.15) is 35.1 Å². The summed E-state index contributed by atoms with van der Waals surface area (Å²) in [6.07, 6.45) is 0.428. The van der Waals surface area contributed by atoms with Gasteiger partial charge in [-0.15, -0.1) is 0 Å². The molecule has 0 unspecified atom stereocenters. The largest absolute Gasteiger partial charge is 0.284 e. The van der Waals surface area contributed by atoms with E-state index in [1.54, 1.807) is 17.0 Å². The van der Waals surface area contributed by atoms with Gasteiger partial charge in [0, 0.05) is 6.42 Å². The maximum Gasteiger partial charge on any atom is 0.229 e. The molecule has 7 heteroatoms. The second-order valence-electron chi connectivity index (χ2n) is 8.55. The Kier molecular flexibility index (Phi) is 7.44. The van der Waals surface area contributed by atoms with Crippen LogP contribution < -0.4 is 4.90 Å². The Morgan fingerprint density at radius 3 is 2.21 bits per heavy atom. The first-order chi connectivity index (χ1) is 16.3. The molecule has 0 atom stereocenters. The normalized spacial score (nSPS) is 11.6. The lowest BCUT2D eigenvalue weighted by Gasteiger charge is -2.20. The second kappa shape index (κ2) is 10.5. The number of aryl methyl sites for hydroxylation is 2. The van der Waals surface area contributed by atoms with Crippen LogP contribution in [0.4, 0.5) is 5.13 Å². The number of hydrogen-bond acceptors (Lipinski definition) is 5. The third-order valence-electron chi connectivity index (χ3n) is 5.78. The smallest absolute Gasteiger partial charge is 0.229 e. The predicted molar refractivity (Wildman–Crippen MR) is 140 cm³/mol. The van der Waals surface area contributed by atoms with Crippen LogP contribution >= 0.6 is 11.3 Å². The summed E-state index contributed by atoms with van der Waals surface area (Å²) in [5.41, 5.74) is 4.99. The summed E-state index contributed by atoms with van der Waals surface area (Å²) >= 11 is 1.49. The van der Waals surface area contributed by atoms with E-state index in [1.807, 2.05) is 54.6 Å². The summed E-state index contributed by atoms with van der Waals surface area (Å²) in [5, 5.41) is 0.640. The number of nitrogens with zero attached hydrogens (tertiary/aromatic N) is 2. The molecule has 0 fully saturated rings. The molecular formula is C27H28N2O3S2. The minimum atomic E-state index is -3.29. The average molecular weight is 493 g/mol. The van der Waals surface area contributed by atoms with E-state index in [0.29, 0.717) is 11.7 Å². The van der Waals surface area contributed by atoms with Gasteiger partial charge < -0.3 is 0 Å². The van der Waals surface area contributed by atoms with Gasteiger partial charge in [-0.05, 0) is 54.7 Å². The van der Waals surface area contributed by atoms with Gasteiger partial charge in [0.05, 0.1) is 28.3 Å². The molecule has 0 aliphatic carbocycles. The third kappa shape index (κ3) is 6.10. The van der Waals surface area contributed by atoms with Gasteiger partial charge in [0.1, 0.15) is 0 Å². The Morgan fingerprint density at radius 1 is 0.912 bits per heavy atom. The van der Waals surface area contributed by atoms with Gasteiger partial charge in [-0.1, -0.05) is 72.0 Å². The Labute approximate surface area is 205 Å². The van der Waals surface area contributed by atoms with Crippen LogP contribution in [0.2, 0.25) is 0 Å². The number of thiazole rings is 1. The minimum Gasteiger partial charge on any atom is -0.284 e. The van der Waals surface area contributed by atoms with Crippen molar-refractivity contribution in [2.45, 2.75) is 39.0 Å². The van der Waals surface area contributed by atoms with Crippen LogP contribution in [0.5, 0.6) is 0 Å². The number of fused-ring (bicyclic) bond motifs is 1. The van der Waals surface area contributed by atoms with Crippen molar-refractivity contribution in [3.05, 3.63) is 95.1 Å². The van der Waals surface area contributed by atoms with Crippen molar-refractivity contribution in [3.8, 4) is 0 Å². The van der Waals surface area contributed by atoms with E-state index < -0.39 is 9.84 Å². The zero-order valence-corrected chi connectivity index (χ0v) is 21.0. The summed E-state index contributed by atoms with van der Waals surface area (Å²) in [7, 11) is -3.29. The van der Waals surface area contributed by atoms with E-state index in [9.17, 15) is 13.2 Å². The highest BCUT2D eigenvalue weighted by Crippen LogP contribution is 2.32. The fourth-order valence-electron chi connectivity index (χ4n) is 3.79. The molecular weight excluding hydrogens is 464 g/mol. The predicted octanol–water partition coefficient (Wildman–Crippen LogP) is 5.84. The average Bonchev–Trinajstić information content (AvgIpc) is 3.20. The lowest BCUT2D eigenvalue weighted by atomic mass is 10.1. The molecule has 1 amide bonds. The molecule has 0 saturated heterocycles. The van der Waals surface area contributed by atoms with Crippen LogP contribution in [0.25, 0.3) is 10.2 Å². The van der Waals surface area contributed by atoms with Gasteiger partial charge >= 0.3 is 0 Å². The van der Waals surface area contributed by atoms with Gasteiger partial charge in [-0.25, -0.2) is 13.4 Å². The number of benzene rings is 3. The van der Waals surface area contributed by atoms with E-state index in [0.717, 1.165) is 26.9 Å². The molecule has 0 saturated carbocycles. The van der Waals surface area contributed by atoms with Crippen LogP contribution in [-0.2, 0) is 26.9 Å². The molecule has 0 aliphatic rings. The number of hydrogen-bond donors (Lipinski definition) is 0. The summed E-state index contributed by atoms with van der Waals surface area (Å²) < 4.78 is 26.2. The SMILES string of the molecule is Cc1cc2nc(N(Cc3ccccc3)C(=O)CCCS(=O)(=O)Cc3ccccc3)sc2cc1C. The van der Waals surface area contributed by atoms with Gasteiger partial charge in [0.2, 0.25) is 5.91 Å². The number of rotatable bonds is 9. The fraction of sp³-hybridized carbons (Fsp3) is 0.259. The fourth-order valence-corrected chi connectivity index (χ4v) is 6.28. The molecule has 34 heavy (non-hydrogen) atoms. The number of aromatic nitrogens is 1. The van der Waals surface area contributed by atoms with Gasteiger partial charge in [0.25, 0.3) is 0 Å². The Hall–Kier alpha value is -3.03. The molecule has 5 nitrogen and oxygen atoms in total. The molecule has 1 heterocycles. The highest BCUT2D eigenvalue weighted by molar-refractivity contribution is 7.90. The number of sulfone groups is 1. The highest BCUT2D eigenvalue weighted by Gasteiger charge is 2.21. The van der Waals surface area contributed by atoms with Crippen molar-refractivity contribution in [3.63, 3.8) is 0 Å². The molecule has 1 aromatic heterocycles. The van der Waals surface area contributed by atoms with Crippen LogP contribution in [0, 0.1) is 13.8 Å². The summed E-state index contributed by atoms with van der Waals surface area (Å²) in [5.74, 6) is -0.150. The summed E-state index contributed by atoms with van der Waals surface area (Å²) in [6.45, 7) is 4.52. The van der Waals surface area contributed by atoms with Gasteiger partial charge in [-0.3, -0.25) is 9.69 Å². The van der Waals surface area contributed by atoms with E-state index in [2.05, 4.69) is 19.9 Å². The Bertz CT molecular complexity index is 1340. The molecule has 176 valence electrons. The van der Waals surface area contributed by atoms with Crippen molar-refractivity contribution in [2.75, 3.05) is 10.7 Å².